The molecule has 1 heterocycles. The Bertz CT molecular complexity index is 461. The van der Waals surface area contributed by atoms with E-state index in [4.69, 9.17) is 10.5 Å². The maximum absolute atomic E-state index is 5.80. The summed E-state index contributed by atoms with van der Waals surface area (Å²) < 4.78 is 5.80. The minimum absolute atomic E-state index is 0.366. The Morgan fingerprint density at radius 2 is 2.50 bits per heavy atom. The van der Waals surface area contributed by atoms with Crippen molar-refractivity contribution in [3.8, 4) is 11.8 Å². The molecule has 0 aromatic carbocycles. The van der Waals surface area contributed by atoms with Crippen LogP contribution in [0.4, 0.5) is 0 Å². The first kappa shape index (κ1) is 14.0. The average Bonchev–Trinajstić information content (AvgIpc) is 2.36. The van der Waals surface area contributed by atoms with Crippen LogP contribution in [0, 0.1) is 11.8 Å². The smallest absolute Gasteiger partial charge is 0.215 e. The van der Waals surface area contributed by atoms with Gasteiger partial charge < -0.3 is 10.5 Å². The molecular weight excluding hydrogens is 226 g/mol. The number of allylic oxidation sites excluding steroid dienone is 2. The van der Waals surface area contributed by atoms with Gasteiger partial charge >= 0.3 is 0 Å². The van der Waals surface area contributed by atoms with Gasteiger partial charge in [-0.05, 0) is 25.8 Å². The SMILES string of the molecule is CC/C(C)=C(\N=C/N)OC1C#CC/C=C\N=C1C. The van der Waals surface area contributed by atoms with Gasteiger partial charge in [0.1, 0.15) is 0 Å². The largest absolute Gasteiger partial charge is 0.455 e. The molecule has 0 saturated heterocycles. The molecule has 0 amide bonds. The van der Waals surface area contributed by atoms with Crippen LogP contribution in [-0.2, 0) is 4.74 Å². The number of nitrogens with two attached hydrogens (primary N) is 1. The second-order valence-electron chi connectivity index (χ2n) is 3.90. The molecule has 0 aromatic rings. The van der Waals surface area contributed by atoms with Crippen LogP contribution in [0.15, 0.2) is 33.7 Å². The minimum atomic E-state index is -0.366. The fourth-order valence-corrected chi connectivity index (χ4v) is 1.29. The topological polar surface area (TPSA) is 60.0 Å². The lowest BCUT2D eigenvalue weighted by molar-refractivity contribution is 0.205. The Kier molecular flexibility index (Phi) is 5.72. The Balaban J connectivity index is 2.95. The molecule has 1 aliphatic rings. The van der Waals surface area contributed by atoms with Crippen molar-refractivity contribution in [2.75, 3.05) is 0 Å². The summed E-state index contributed by atoms with van der Waals surface area (Å²) in [6, 6.07) is 0. The number of aliphatic imine (C=N–C) groups is 2. The van der Waals surface area contributed by atoms with E-state index in [1.807, 2.05) is 26.8 Å². The van der Waals surface area contributed by atoms with E-state index >= 15 is 0 Å². The fraction of sp³-hybridized carbons (Fsp3) is 0.429. The van der Waals surface area contributed by atoms with Crippen LogP contribution < -0.4 is 5.73 Å². The lowest BCUT2D eigenvalue weighted by Gasteiger charge is -2.15. The van der Waals surface area contributed by atoms with Gasteiger partial charge in [-0.1, -0.05) is 24.8 Å². The lowest BCUT2D eigenvalue weighted by atomic mass is 10.2. The Hall–Kier alpha value is -2.02. The molecule has 0 bridgehead atoms. The first-order chi connectivity index (χ1) is 8.69. The molecule has 1 atom stereocenters. The zero-order chi connectivity index (χ0) is 13.4. The average molecular weight is 245 g/mol. The maximum atomic E-state index is 5.80. The molecule has 1 unspecified atom stereocenters. The van der Waals surface area contributed by atoms with Crippen molar-refractivity contribution in [3.63, 3.8) is 0 Å². The highest BCUT2D eigenvalue weighted by Gasteiger charge is 2.14. The summed E-state index contributed by atoms with van der Waals surface area (Å²) in [6.45, 7) is 5.89. The third-order valence-corrected chi connectivity index (χ3v) is 2.53. The second kappa shape index (κ2) is 7.33. The molecular formula is C14H19N3O. The fourth-order valence-electron chi connectivity index (χ4n) is 1.29. The molecule has 0 fully saturated rings. The molecule has 0 spiro atoms. The predicted molar refractivity (Wildman–Crippen MR) is 75.2 cm³/mol. The van der Waals surface area contributed by atoms with E-state index < -0.39 is 0 Å². The number of ether oxygens (including phenoxy) is 1. The van der Waals surface area contributed by atoms with Crippen LogP contribution in [-0.4, -0.2) is 18.2 Å². The summed E-state index contributed by atoms with van der Waals surface area (Å²) in [5.41, 5.74) is 7.18. The summed E-state index contributed by atoms with van der Waals surface area (Å²) in [5, 5.41) is 0. The quantitative estimate of drug-likeness (QED) is 0.358. The van der Waals surface area contributed by atoms with Crippen molar-refractivity contribution in [1.82, 2.24) is 0 Å². The standard InChI is InChI=1S/C14H19N3O/c1-4-11(2)14(17-10-15)18-13-8-6-5-7-9-16-12(13)3/h7,9-10,13H,4-5H2,1-3H3,(H2,15,17)/b9-7-,14-11+,16-12?. The highest BCUT2D eigenvalue weighted by molar-refractivity contribution is 5.90. The third-order valence-electron chi connectivity index (χ3n) is 2.53. The van der Waals surface area contributed by atoms with E-state index in [1.54, 1.807) is 6.20 Å². The van der Waals surface area contributed by atoms with Gasteiger partial charge in [0.25, 0.3) is 0 Å². The van der Waals surface area contributed by atoms with E-state index in [2.05, 4.69) is 21.8 Å². The van der Waals surface area contributed by atoms with Crippen molar-refractivity contribution in [2.45, 2.75) is 39.7 Å². The molecule has 1 rings (SSSR count). The summed E-state index contributed by atoms with van der Waals surface area (Å²) >= 11 is 0. The highest BCUT2D eigenvalue weighted by atomic mass is 16.5. The molecule has 0 aromatic heterocycles. The van der Waals surface area contributed by atoms with Gasteiger partial charge in [0.15, 0.2) is 6.10 Å². The van der Waals surface area contributed by atoms with Gasteiger partial charge in [0, 0.05) is 12.6 Å². The zero-order valence-electron chi connectivity index (χ0n) is 11.1. The van der Waals surface area contributed by atoms with Crippen LogP contribution >= 0.6 is 0 Å². The molecule has 4 heteroatoms. The lowest BCUT2D eigenvalue weighted by Crippen LogP contribution is -2.20. The van der Waals surface area contributed by atoms with E-state index in [0.717, 1.165) is 17.7 Å². The number of hydrogen-bond acceptors (Lipinski definition) is 3. The van der Waals surface area contributed by atoms with Crippen LogP contribution in [0.1, 0.15) is 33.6 Å². The van der Waals surface area contributed by atoms with Gasteiger partial charge in [0.05, 0.1) is 12.1 Å². The monoisotopic (exact) mass is 245 g/mol. The summed E-state index contributed by atoms with van der Waals surface area (Å²) in [5.74, 6) is 6.59. The Morgan fingerprint density at radius 3 is 3.17 bits per heavy atom. The molecule has 4 nitrogen and oxygen atoms in total. The third kappa shape index (κ3) is 4.10. The van der Waals surface area contributed by atoms with Gasteiger partial charge in [-0.25, -0.2) is 4.99 Å². The zero-order valence-corrected chi connectivity index (χ0v) is 11.1. The van der Waals surface area contributed by atoms with E-state index in [-0.39, 0.29) is 6.10 Å². The molecule has 2 N–H and O–H groups in total. The van der Waals surface area contributed by atoms with E-state index in [1.165, 1.54) is 6.34 Å². The molecule has 0 saturated carbocycles. The summed E-state index contributed by atoms with van der Waals surface area (Å²) in [4.78, 5) is 8.31. The van der Waals surface area contributed by atoms with E-state index in [9.17, 15) is 0 Å². The van der Waals surface area contributed by atoms with E-state index in [0.29, 0.717) is 12.3 Å². The summed E-state index contributed by atoms with van der Waals surface area (Å²) in [7, 11) is 0. The highest BCUT2D eigenvalue weighted by Crippen LogP contribution is 2.14. The van der Waals surface area contributed by atoms with Crippen molar-refractivity contribution < 1.29 is 4.74 Å². The van der Waals surface area contributed by atoms with Crippen LogP contribution in [0.5, 0.6) is 0 Å². The van der Waals surface area contributed by atoms with Gasteiger partial charge in [-0.15, -0.1) is 0 Å². The number of rotatable bonds is 4. The second-order valence-corrected chi connectivity index (χ2v) is 3.90. The maximum Gasteiger partial charge on any atom is 0.215 e. The molecule has 0 radical (unpaired) electrons. The first-order valence-corrected chi connectivity index (χ1v) is 5.97. The van der Waals surface area contributed by atoms with Crippen molar-refractivity contribution >= 4 is 12.1 Å². The Labute approximate surface area is 108 Å². The molecule has 0 aliphatic carbocycles. The molecule has 96 valence electrons. The van der Waals surface area contributed by atoms with Crippen LogP contribution in [0.3, 0.4) is 0 Å². The van der Waals surface area contributed by atoms with Crippen LogP contribution in [0.25, 0.3) is 0 Å². The first-order valence-electron chi connectivity index (χ1n) is 5.97. The van der Waals surface area contributed by atoms with Gasteiger partial charge in [0.2, 0.25) is 5.88 Å². The normalized spacial score (nSPS) is 22.2. The number of nitrogens with zero attached hydrogens (tertiary/aromatic N) is 2. The summed E-state index contributed by atoms with van der Waals surface area (Å²) in [6.07, 6.45) is 6.07. The molecule has 18 heavy (non-hydrogen) atoms. The van der Waals surface area contributed by atoms with Crippen LogP contribution in [0.2, 0.25) is 0 Å². The Morgan fingerprint density at radius 1 is 1.72 bits per heavy atom. The van der Waals surface area contributed by atoms with Crippen molar-refractivity contribution in [3.05, 3.63) is 23.7 Å². The van der Waals surface area contributed by atoms with Gasteiger partial charge in [-0.2, -0.15) is 0 Å². The number of hydrogen-bond donors (Lipinski definition) is 1. The minimum Gasteiger partial charge on any atom is -0.455 e. The van der Waals surface area contributed by atoms with Crippen molar-refractivity contribution in [1.29, 1.82) is 0 Å². The predicted octanol–water partition coefficient (Wildman–Crippen LogP) is 2.38. The van der Waals surface area contributed by atoms with Gasteiger partial charge in [-0.3, -0.25) is 4.99 Å². The molecule has 1 aliphatic heterocycles. The van der Waals surface area contributed by atoms with Crippen molar-refractivity contribution in [2.24, 2.45) is 15.7 Å².